The maximum absolute atomic E-state index is 13.2. The number of rotatable bonds is 3. The molecule has 0 N–H and O–H groups in total. The number of oxime groups is 1. The van der Waals surface area contributed by atoms with Crippen LogP contribution < -0.4 is 15.0 Å². The van der Waals surface area contributed by atoms with E-state index in [1.807, 2.05) is 39.8 Å². The van der Waals surface area contributed by atoms with Gasteiger partial charge in [-0.2, -0.15) is 0 Å². The van der Waals surface area contributed by atoms with Crippen molar-refractivity contribution in [3.63, 3.8) is 0 Å². The highest BCUT2D eigenvalue weighted by Gasteiger charge is 2.40. The Morgan fingerprint density at radius 1 is 1.10 bits per heavy atom. The van der Waals surface area contributed by atoms with Gasteiger partial charge in [0.1, 0.15) is 0 Å². The number of carbonyl (C=O) groups is 1. The minimum absolute atomic E-state index is 0.00846. The number of fused-ring (bicyclic) bond motifs is 5. The molecule has 0 saturated carbocycles. The van der Waals surface area contributed by atoms with Crippen molar-refractivity contribution in [3.8, 4) is 11.5 Å². The Kier molecular flexibility index (Phi) is 4.26. The van der Waals surface area contributed by atoms with Crippen molar-refractivity contribution in [2.45, 2.75) is 37.8 Å². The molecule has 6 rings (SSSR count). The monoisotopic (exact) mass is 421 g/mol. The molecule has 3 atom stereocenters. The molecule has 4 aliphatic rings. The van der Waals surface area contributed by atoms with Gasteiger partial charge in [-0.15, -0.1) is 0 Å². The van der Waals surface area contributed by atoms with E-state index in [0.29, 0.717) is 38.4 Å². The van der Waals surface area contributed by atoms with Crippen molar-refractivity contribution in [3.05, 3.63) is 58.0 Å². The summed E-state index contributed by atoms with van der Waals surface area (Å²) < 4.78 is 12.7. The first-order chi connectivity index (χ1) is 15.1. The van der Waals surface area contributed by atoms with Crippen molar-refractivity contribution in [2.24, 2.45) is 11.1 Å². The topological polar surface area (TPSA) is 82.4 Å². The summed E-state index contributed by atoms with van der Waals surface area (Å²) >= 11 is 0. The van der Waals surface area contributed by atoms with E-state index in [9.17, 15) is 9.59 Å². The summed E-state index contributed by atoms with van der Waals surface area (Å²) in [5, 5.41) is 4.19. The summed E-state index contributed by atoms with van der Waals surface area (Å²) in [7, 11) is 0. The fourth-order valence-corrected chi connectivity index (χ4v) is 5.23. The first-order valence-corrected chi connectivity index (χ1v) is 10.7. The molecule has 2 aromatic rings. The second kappa shape index (κ2) is 7.14. The van der Waals surface area contributed by atoms with E-state index in [0.717, 1.165) is 34.9 Å². The van der Waals surface area contributed by atoms with Gasteiger partial charge in [0.05, 0.1) is 5.71 Å². The van der Waals surface area contributed by atoms with Crippen molar-refractivity contribution < 1.29 is 19.1 Å². The van der Waals surface area contributed by atoms with Crippen LogP contribution in [0.2, 0.25) is 0 Å². The molecule has 0 radical (unpaired) electrons. The van der Waals surface area contributed by atoms with Crippen LogP contribution in [0.25, 0.3) is 0 Å². The largest absolute Gasteiger partial charge is 0.454 e. The molecular formula is C23H23N3O5. The minimum atomic E-state index is -0.569. The van der Waals surface area contributed by atoms with Crippen LogP contribution in [0.5, 0.6) is 11.5 Å². The van der Waals surface area contributed by atoms with E-state index in [1.54, 1.807) is 6.07 Å². The van der Waals surface area contributed by atoms with Crippen molar-refractivity contribution in [1.82, 2.24) is 9.47 Å². The third-order valence-corrected chi connectivity index (χ3v) is 6.64. The summed E-state index contributed by atoms with van der Waals surface area (Å²) in [6.07, 6.45) is 1.56. The zero-order chi connectivity index (χ0) is 20.9. The Morgan fingerprint density at radius 2 is 2.00 bits per heavy atom. The number of hydrogen-bond donors (Lipinski definition) is 0. The number of carbonyl (C=O) groups excluding carboxylic acids is 1. The molecule has 0 spiro atoms. The van der Waals surface area contributed by atoms with E-state index in [2.05, 4.69) is 5.16 Å². The molecule has 160 valence electrons. The number of benzene rings is 1. The van der Waals surface area contributed by atoms with Crippen LogP contribution >= 0.6 is 0 Å². The molecule has 3 unspecified atom stereocenters. The highest BCUT2D eigenvalue weighted by molar-refractivity contribution is 5.94. The highest BCUT2D eigenvalue weighted by atomic mass is 16.7. The lowest BCUT2D eigenvalue weighted by Crippen LogP contribution is -2.51. The molecule has 4 aliphatic heterocycles. The van der Waals surface area contributed by atoms with Gasteiger partial charge in [0, 0.05) is 50.2 Å². The van der Waals surface area contributed by atoms with Gasteiger partial charge in [0.2, 0.25) is 12.9 Å². The molecule has 1 aromatic carbocycles. The summed E-state index contributed by atoms with van der Waals surface area (Å²) in [5.41, 5.74) is 2.99. The predicted molar refractivity (Wildman–Crippen MR) is 111 cm³/mol. The van der Waals surface area contributed by atoms with Gasteiger partial charge >= 0.3 is 0 Å². The average molecular weight is 421 g/mol. The van der Waals surface area contributed by atoms with Crippen molar-refractivity contribution in [1.29, 1.82) is 0 Å². The lowest BCUT2D eigenvalue weighted by Gasteiger charge is -2.43. The quantitative estimate of drug-likeness (QED) is 0.756. The first kappa shape index (κ1) is 18.5. The molecule has 2 bridgehead atoms. The second-order valence-electron chi connectivity index (χ2n) is 8.76. The lowest BCUT2D eigenvalue weighted by molar-refractivity contribution is -0.144. The molecule has 1 fully saturated rings. The standard InChI is InChI=1S/C23H23N3O5/c27-22-3-1-2-18-16-6-15(11-26(18)22)10-25(12-16)23(28)21-9-17(24-31-21)7-14-4-5-19-20(8-14)30-13-29-19/h1-5,8,15-16,21H,6-7,9-13H2. The highest BCUT2D eigenvalue weighted by Crippen LogP contribution is 2.36. The van der Waals surface area contributed by atoms with Gasteiger partial charge in [0.25, 0.3) is 11.5 Å². The summed E-state index contributed by atoms with van der Waals surface area (Å²) in [6.45, 7) is 2.20. The van der Waals surface area contributed by atoms with E-state index >= 15 is 0 Å². The number of hydrogen-bond acceptors (Lipinski definition) is 6. The molecule has 31 heavy (non-hydrogen) atoms. The molecular weight excluding hydrogens is 398 g/mol. The third kappa shape index (κ3) is 3.26. The molecule has 5 heterocycles. The second-order valence-corrected chi connectivity index (χ2v) is 8.76. The van der Waals surface area contributed by atoms with Gasteiger partial charge in [-0.3, -0.25) is 9.59 Å². The number of aromatic nitrogens is 1. The number of piperidine rings is 1. The summed E-state index contributed by atoms with van der Waals surface area (Å²) in [4.78, 5) is 32.8. The minimum Gasteiger partial charge on any atom is -0.454 e. The van der Waals surface area contributed by atoms with Crippen LogP contribution in [0.3, 0.4) is 0 Å². The first-order valence-electron chi connectivity index (χ1n) is 10.7. The molecule has 8 nitrogen and oxygen atoms in total. The zero-order valence-electron chi connectivity index (χ0n) is 17.0. The molecule has 1 aromatic heterocycles. The zero-order valence-corrected chi connectivity index (χ0v) is 17.0. The van der Waals surface area contributed by atoms with Crippen LogP contribution in [0.1, 0.15) is 30.0 Å². The Labute approximate surface area is 179 Å². The van der Waals surface area contributed by atoms with Gasteiger partial charge in [-0.25, -0.2) is 0 Å². The molecule has 1 amide bonds. The predicted octanol–water partition coefficient (Wildman–Crippen LogP) is 1.91. The number of ether oxygens (including phenoxy) is 2. The summed E-state index contributed by atoms with van der Waals surface area (Å²) in [5.74, 6) is 1.97. The van der Waals surface area contributed by atoms with Gasteiger partial charge in [0.15, 0.2) is 11.5 Å². The molecule has 1 saturated heterocycles. The molecule has 0 aliphatic carbocycles. The summed E-state index contributed by atoms with van der Waals surface area (Å²) in [6, 6.07) is 11.3. The molecule has 8 heteroatoms. The number of nitrogens with zero attached hydrogens (tertiary/aromatic N) is 3. The van der Waals surface area contributed by atoms with Crippen LogP contribution in [0, 0.1) is 5.92 Å². The van der Waals surface area contributed by atoms with Gasteiger partial charge in [-0.1, -0.05) is 17.3 Å². The number of likely N-dealkylation sites (tertiary alicyclic amines) is 1. The van der Waals surface area contributed by atoms with E-state index in [-0.39, 0.29) is 24.2 Å². The van der Waals surface area contributed by atoms with Crippen LogP contribution in [-0.2, 0) is 22.6 Å². The lowest BCUT2D eigenvalue weighted by atomic mass is 9.83. The Bertz CT molecular complexity index is 1140. The number of amides is 1. The van der Waals surface area contributed by atoms with Gasteiger partial charge < -0.3 is 23.8 Å². The maximum atomic E-state index is 13.2. The SMILES string of the molecule is O=C(C1CC(Cc2ccc3c(c2)OCO3)=NO1)N1CC2CC(C1)c1cccc(=O)n1C2. The Hall–Kier alpha value is -3.29. The fraction of sp³-hybridized carbons (Fsp3) is 0.435. The Balaban J connectivity index is 1.11. The third-order valence-electron chi connectivity index (χ3n) is 6.64. The fourth-order valence-electron chi connectivity index (χ4n) is 5.23. The smallest absolute Gasteiger partial charge is 0.266 e. The van der Waals surface area contributed by atoms with E-state index in [1.165, 1.54) is 0 Å². The van der Waals surface area contributed by atoms with Crippen molar-refractivity contribution in [2.75, 3.05) is 19.9 Å². The maximum Gasteiger partial charge on any atom is 0.266 e. The van der Waals surface area contributed by atoms with E-state index in [4.69, 9.17) is 14.3 Å². The van der Waals surface area contributed by atoms with Crippen LogP contribution in [0.15, 0.2) is 46.3 Å². The number of pyridine rings is 1. The van der Waals surface area contributed by atoms with Gasteiger partial charge in [-0.05, 0) is 36.1 Å². The van der Waals surface area contributed by atoms with E-state index < -0.39 is 6.10 Å². The van der Waals surface area contributed by atoms with Crippen LogP contribution in [0.4, 0.5) is 0 Å². The normalized spacial score (nSPS) is 25.6. The van der Waals surface area contributed by atoms with Crippen LogP contribution in [-0.4, -0.2) is 47.1 Å². The average Bonchev–Trinajstić information content (AvgIpc) is 3.43. The Morgan fingerprint density at radius 3 is 2.94 bits per heavy atom. The van der Waals surface area contributed by atoms with Crippen molar-refractivity contribution >= 4 is 11.6 Å².